The molecule has 2 aliphatic rings. The molecule has 0 amide bonds. The highest BCUT2D eigenvalue weighted by Gasteiger charge is 2.38. The van der Waals surface area contributed by atoms with Gasteiger partial charge in [0, 0.05) is 24.9 Å². The highest BCUT2D eigenvalue weighted by atomic mass is 32.2. The van der Waals surface area contributed by atoms with Crippen molar-refractivity contribution in [2.24, 2.45) is 5.92 Å². The summed E-state index contributed by atoms with van der Waals surface area (Å²) in [6.45, 7) is 0.868. The topological polar surface area (TPSA) is 49.4 Å². The number of nitrogens with zero attached hydrogens (tertiary/aromatic N) is 1. The number of para-hydroxylation sites is 1. The van der Waals surface area contributed by atoms with Crippen LogP contribution in [0.1, 0.15) is 25.7 Å². The predicted molar refractivity (Wildman–Crippen MR) is 85.3 cm³/mol. The third kappa shape index (κ3) is 3.09. The molecule has 4 nitrogen and oxygen atoms in total. The summed E-state index contributed by atoms with van der Waals surface area (Å²) in [7, 11) is -0.934. The number of rotatable bonds is 4. The number of nitrogens with one attached hydrogen (secondary N) is 1. The van der Waals surface area contributed by atoms with Gasteiger partial charge in [-0.05, 0) is 50.8 Å². The van der Waals surface area contributed by atoms with E-state index in [0.717, 1.165) is 24.3 Å². The summed E-state index contributed by atoms with van der Waals surface area (Å²) in [4.78, 5) is 2.93. The lowest BCUT2D eigenvalue weighted by Gasteiger charge is -2.36. The summed E-state index contributed by atoms with van der Waals surface area (Å²) in [5.41, 5.74) is 0.742. The van der Waals surface area contributed by atoms with Crippen LogP contribution in [0.4, 0.5) is 5.69 Å². The van der Waals surface area contributed by atoms with Crippen LogP contribution in [0, 0.1) is 5.92 Å². The number of piperidine rings is 1. The zero-order valence-corrected chi connectivity index (χ0v) is 13.6. The molecule has 2 saturated heterocycles. The molecular weight excluding hydrogens is 284 g/mol. The molecule has 2 atom stereocenters. The SMILES string of the molecule is CN1C2CCC1CC(CNc1ccccc1S(C)(=O)=O)C2. The van der Waals surface area contributed by atoms with E-state index in [2.05, 4.69) is 17.3 Å². The monoisotopic (exact) mass is 308 g/mol. The fourth-order valence-corrected chi connectivity index (χ4v) is 4.75. The Morgan fingerprint density at radius 2 is 1.81 bits per heavy atom. The van der Waals surface area contributed by atoms with Gasteiger partial charge in [0.25, 0.3) is 0 Å². The molecule has 1 aromatic carbocycles. The molecule has 2 heterocycles. The van der Waals surface area contributed by atoms with Crippen LogP contribution in [0.5, 0.6) is 0 Å². The third-order valence-corrected chi connectivity index (χ3v) is 6.22. The van der Waals surface area contributed by atoms with E-state index in [-0.39, 0.29) is 0 Å². The van der Waals surface area contributed by atoms with E-state index < -0.39 is 9.84 Å². The summed E-state index contributed by atoms with van der Waals surface area (Å²) in [6.07, 6.45) is 6.35. The number of benzene rings is 1. The molecule has 2 fully saturated rings. The van der Waals surface area contributed by atoms with Crippen LogP contribution in [0.2, 0.25) is 0 Å². The van der Waals surface area contributed by atoms with Gasteiger partial charge < -0.3 is 10.2 Å². The van der Waals surface area contributed by atoms with Crippen LogP contribution < -0.4 is 5.32 Å². The molecule has 0 radical (unpaired) electrons. The lowest BCUT2D eigenvalue weighted by molar-refractivity contribution is 0.139. The molecule has 1 N–H and O–H groups in total. The molecule has 2 unspecified atom stereocenters. The van der Waals surface area contributed by atoms with Gasteiger partial charge in [-0.1, -0.05) is 12.1 Å². The third-order valence-electron chi connectivity index (χ3n) is 5.06. The van der Waals surface area contributed by atoms with Crippen LogP contribution in [0.3, 0.4) is 0 Å². The molecule has 21 heavy (non-hydrogen) atoms. The van der Waals surface area contributed by atoms with Crippen molar-refractivity contribution in [2.75, 3.05) is 25.2 Å². The first-order valence-electron chi connectivity index (χ1n) is 7.70. The maximum Gasteiger partial charge on any atom is 0.177 e. The minimum atomic E-state index is -3.18. The average molecular weight is 308 g/mol. The molecule has 0 aromatic heterocycles. The smallest absolute Gasteiger partial charge is 0.177 e. The van der Waals surface area contributed by atoms with Gasteiger partial charge in [0.1, 0.15) is 0 Å². The van der Waals surface area contributed by atoms with Crippen molar-refractivity contribution in [3.63, 3.8) is 0 Å². The van der Waals surface area contributed by atoms with E-state index >= 15 is 0 Å². The summed E-state index contributed by atoms with van der Waals surface area (Å²) < 4.78 is 23.6. The van der Waals surface area contributed by atoms with Crippen LogP contribution in [-0.2, 0) is 9.84 Å². The van der Waals surface area contributed by atoms with Gasteiger partial charge in [-0.2, -0.15) is 0 Å². The quantitative estimate of drug-likeness (QED) is 0.928. The average Bonchev–Trinajstić information content (AvgIpc) is 2.66. The first-order valence-corrected chi connectivity index (χ1v) is 9.59. The normalized spacial score (nSPS) is 29.5. The Kier molecular flexibility index (Phi) is 3.97. The van der Waals surface area contributed by atoms with E-state index in [9.17, 15) is 8.42 Å². The molecule has 0 saturated carbocycles. The minimum absolute atomic E-state index is 0.404. The van der Waals surface area contributed by atoms with Crippen LogP contribution in [0.15, 0.2) is 29.2 Å². The summed E-state index contributed by atoms with van der Waals surface area (Å²) in [5, 5.41) is 3.38. The van der Waals surface area contributed by atoms with Crippen molar-refractivity contribution in [3.8, 4) is 0 Å². The zero-order valence-electron chi connectivity index (χ0n) is 12.7. The van der Waals surface area contributed by atoms with E-state index in [4.69, 9.17) is 0 Å². The number of sulfone groups is 1. The highest BCUT2D eigenvalue weighted by molar-refractivity contribution is 7.90. The van der Waals surface area contributed by atoms with E-state index in [1.807, 2.05) is 12.1 Å². The number of anilines is 1. The minimum Gasteiger partial charge on any atom is -0.384 e. The van der Waals surface area contributed by atoms with Crippen molar-refractivity contribution in [2.45, 2.75) is 42.7 Å². The Bertz CT molecular complexity index is 600. The first kappa shape index (κ1) is 14.9. The van der Waals surface area contributed by atoms with E-state index in [1.54, 1.807) is 12.1 Å². The number of hydrogen-bond donors (Lipinski definition) is 1. The Labute approximate surface area is 127 Å². The molecule has 116 valence electrons. The second kappa shape index (κ2) is 5.61. The van der Waals surface area contributed by atoms with Crippen LogP contribution in [0.25, 0.3) is 0 Å². The van der Waals surface area contributed by atoms with Gasteiger partial charge in [0.15, 0.2) is 9.84 Å². The first-order chi connectivity index (χ1) is 9.95. The second-order valence-electron chi connectivity index (χ2n) is 6.54. The van der Waals surface area contributed by atoms with Crippen molar-refractivity contribution in [1.82, 2.24) is 4.90 Å². The molecule has 2 bridgehead atoms. The van der Waals surface area contributed by atoms with Gasteiger partial charge in [-0.3, -0.25) is 0 Å². The molecule has 0 aliphatic carbocycles. The lowest BCUT2D eigenvalue weighted by atomic mass is 9.91. The van der Waals surface area contributed by atoms with Crippen molar-refractivity contribution >= 4 is 15.5 Å². The molecule has 3 rings (SSSR count). The molecule has 1 aromatic rings. The van der Waals surface area contributed by atoms with Gasteiger partial charge in [-0.15, -0.1) is 0 Å². The van der Waals surface area contributed by atoms with Gasteiger partial charge in [-0.25, -0.2) is 8.42 Å². The van der Waals surface area contributed by atoms with E-state index in [1.165, 1.54) is 31.9 Å². The summed E-state index contributed by atoms with van der Waals surface area (Å²) in [6, 6.07) is 8.64. The number of hydrogen-bond acceptors (Lipinski definition) is 4. The zero-order chi connectivity index (χ0) is 15.0. The Morgan fingerprint density at radius 1 is 1.19 bits per heavy atom. The Balaban J connectivity index is 1.67. The van der Waals surface area contributed by atoms with Crippen LogP contribution >= 0.6 is 0 Å². The van der Waals surface area contributed by atoms with E-state index in [0.29, 0.717) is 10.8 Å². The Morgan fingerprint density at radius 3 is 2.43 bits per heavy atom. The standard InChI is InChI=1S/C16H24N2O2S/c1-18-13-7-8-14(18)10-12(9-13)11-17-15-5-3-4-6-16(15)21(2,19)20/h3-6,12-14,17H,7-11H2,1-2H3. The predicted octanol–water partition coefficient (Wildman–Crippen LogP) is 2.37. The molecule has 2 aliphatic heterocycles. The van der Waals surface area contributed by atoms with Crippen molar-refractivity contribution in [1.29, 1.82) is 0 Å². The largest absolute Gasteiger partial charge is 0.384 e. The number of fused-ring (bicyclic) bond motifs is 2. The van der Waals surface area contributed by atoms with Crippen LogP contribution in [-0.4, -0.2) is 45.2 Å². The fourth-order valence-electron chi connectivity index (χ4n) is 3.88. The summed E-state index contributed by atoms with van der Waals surface area (Å²) in [5.74, 6) is 0.645. The fraction of sp³-hybridized carbons (Fsp3) is 0.625. The maximum absolute atomic E-state index is 11.8. The Hall–Kier alpha value is -1.07. The summed E-state index contributed by atoms with van der Waals surface area (Å²) >= 11 is 0. The van der Waals surface area contributed by atoms with Crippen molar-refractivity contribution < 1.29 is 8.42 Å². The molecular formula is C16H24N2O2S. The maximum atomic E-state index is 11.8. The second-order valence-corrected chi connectivity index (χ2v) is 8.52. The van der Waals surface area contributed by atoms with Gasteiger partial charge in [0.05, 0.1) is 10.6 Å². The highest BCUT2D eigenvalue weighted by Crippen LogP contribution is 2.37. The molecule has 0 spiro atoms. The van der Waals surface area contributed by atoms with Gasteiger partial charge in [0.2, 0.25) is 0 Å². The van der Waals surface area contributed by atoms with Crippen molar-refractivity contribution in [3.05, 3.63) is 24.3 Å². The molecule has 5 heteroatoms. The lowest BCUT2D eigenvalue weighted by Crippen LogP contribution is -2.41. The van der Waals surface area contributed by atoms with Gasteiger partial charge >= 0.3 is 0 Å².